The van der Waals surface area contributed by atoms with Gasteiger partial charge in [-0.05, 0) is 24.6 Å². The van der Waals surface area contributed by atoms with E-state index in [0.29, 0.717) is 29.4 Å². The van der Waals surface area contributed by atoms with E-state index >= 15 is 0 Å². The van der Waals surface area contributed by atoms with Gasteiger partial charge in [-0.3, -0.25) is 0 Å². The summed E-state index contributed by atoms with van der Waals surface area (Å²) >= 11 is 0. The lowest BCUT2D eigenvalue weighted by Crippen LogP contribution is -2.07. The van der Waals surface area contributed by atoms with Crippen LogP contribution in [0.5, 0.6) is 11.5 Å². The normalized spacial score (nSPS) is 10.4. The van der Waals surface area contributed by atoms with Crippen molar-refractivity contribution in [2.24, 2.45) is 0 Å². The number of aromatic nitrogens is 3. The van der Waals surface area contributed by atoms with E-state index in [0.717, 1.165) is 5.56 Å². The van der Waals surface area contributed by atoms with Gasteiger partial charge in [0.1, 0.15) is 12.3 Å². The zero-order valence-electron chi connectivity index (χ0n) is 14.6. The van der Waals surface area contributed by atoms with E-state index in [9.17, 15) is 4.79 Å². The minimum atomic E-state index is -0.548. The Morgan fingerprint density at radius 3 is 2.62 bits per heavy atom. The summed E-state index contributed by atoms with van der Waals surface area (Å²) in [6.07, 6.45) is 0. The Kier molecular flexibility index (Phi) is 5.48. The predicted octanol–water partition coefficient (Wildman–Crippen LogP) is 3.24. The third kappa shape index (κ3) is 3.66. The number of carbonyl (C=O) groups excluding carboxylic acids is 1. The summed E-state index contributed by atoms with van der Waals surface area (Å²) in [6.45, 7) is 2.33. The molecule has 0 saturated heterocycles. The molecule has 3 rings (SSSR count). The van der Waals surface area contributed by atoms with E-state index in [4.69, 9.17) is 14.2 Å². The molecule has 0 saturated carbocycles. The number of hydrogen-bond donors (Lipinski definition) is 1. The number of benzene rings is 2. The molecule has 134 valence electrons. The second kappa shape index (κ2) is 8.15. The van der Waals surface area contributed by atoms with Crippen molar-refractivity contribution in [2.75, 3.05) is 13.7 Å². The van der Waals surface area contributed by atoms with Crippen molar-refractivity contribution in [3.8, 4) is 22.8 Å². The van der Waals surface area contributed by atoms with Crippen LogP contribution in [0.25, 0.3) is 11.3 Å². The molecule has 0 aliphatic rings. The maximum Gasteiger partial charge on any atom is 0.361 e. The first kappa shape index (κ1) is 17.5. The highest BCUT2D eigenvalue weighted by Gasteiger charge is 2.23. The Hall–Kier alpha value is -3.35. The summed E-state index contributed by atoms with van der Waals surface area (Å²) in [5, 5.41) is 10.5. The minimum Gasteiger partial charge on any atom is -0.493 e. The fourth-order valence-corrected chi connectivity index (χ4v) is 2.50. The number of para-hydroxylation sites is 1. The van der Waals surface area contributed by atoms with Crippen LogP contribution in [-0.4, -0.2) is 35.1 Å². The Balaban J connectivity index is 1.98. The monoisotopic (exact) mass is 353 g/mol. The Morgan fingerprint density at radius 1 is 1.08 bits per heavy atom. The molecule has 0 fully saturated rings. The summed E-state index contributed by atoms with van der Waals surface area (Å²) < 4.78 is 16.5. The largest absolute Gasteiger partial charge is 0.493 e. The summed E-state index contributed by atoms with van der Waals surface area (Å²) in [5.41, 5.74) is 2.06. The second-order valence-corrected chi connectivity index (χ2v) is 5.35. The quantitative estimate of drug-likeness (QED) is 0.656. The van der Waals surface area contributed by atoms with Crippen LogP contribution in [0, 0.1) is 0 Å². The predicted molar refractivity (Wildman–Crippen MR) is 95.1 cm³/mol. The van der Waals surface area contributed by atoms with E-state index in [-0.39, 0.29) is 12.3 Å². The summed E-state index contributed by atoms with van der Waals surface area (Å²) in [5.74, 6) is 0.475. The van der Waals surface area contributed by atoms with Gasteiger partial charge in [0, 0.05) is 0 Å². The van der Waals surface area contributed by atoms with E-state index in [1.165, 1.54) is 0 Å². The summed E-state index contributed by atoms with van der Waals surface area (Å²) in [6, 6.07) is 15.1. The number of ether oxygens (including phenoxy) is 3. The van der Waals surface area contributed by atoms with Crippen LogP contribution in [0.4, 0.5) is 0 Å². The number of nitrogens with zero attached hydrogens (tertiary/aromatic N) is 2. The van der Waals surface area contributed by atoms with Crippen molar-refractivity contribution >= 4 is 5.97 Å². The van der Waals surface area contributed by atoms with E-state index in [1.807, 2.05) is 30.3 Å². The van der Waals surface area contributed by atoms with Gasteiger partial charge in [0.25, 0.3) is 0 Å². The molecule has 1 heterocycles. The Bertz CT molecular complexity index is 878. The van der Waals surface area contributed by atoms with Crippen LogP contribution >= 0.6 is 0 Å². The first-order valence-corrected chi connectivity index (χ1v) is 8.16. The maximum atomic E-state index is 12.1. The van der Waals surface area contributed by atoms with Crippen molar-refractivity contribution in [2.45, 2.75) is 13.5 Å². The molecule has 0 spiro atoms. The molecule has 0 bridgehead atoms. The molecule has 2 aromatic carbocycles. The smallest absolute Gasteiger partial charge is 0.361 e. The molecule has 0 aliphatic carbocycles. The molecular weight excluding hydrogens is 334 g/mol. The van der Waals surface area contributed by atoms with Crippen molar-refractivity contribution in [3.63, 3.8) is 0 Å². The summed E-state index contributed by atoms with van der Waals surface area (Å²) in [4.78, 5) is 12.1. The lowest BCUT2D eigenvalue weighted by Gasteiger charge is -2.14. The van der Waals surface area contributed by atoms with Crippen molar-refractivity contribution in [1.29, 1.82) is 0 Å². The van der Waals surface area contributed by atoms with Gasteiger partial charge in [-0.2, -0.15) is 10.3 Å². The van der Waals surface area contributed by atoms with Gasteiger partial charge >= 0.3 is 5.97 Å². The zero-order chi connectivity index (χ0) is 18.4. The molecule has 26 heavy (non-hydrogen) atoms. The number of carbonyl (C=O) groups is 1. The maximum absolute atomic E-state index is 12.1. The van der Waals surface area contributed by atoms with Gasteiger partial charge in [0.2, 0.25) is 0 Å². The molecule has 0 unspecified atom stereocenters. The van der Waals surface area contributed by atoms with Gasteiger partial charge in [-0.1, -0.05) is 36.4 Å². The van der Waals surface area contributed by atoms with Crippen LogP contribution in [0.1, 0.15) is 23.0 Å². The molecule has 1 N–H and O–H groups in total. The highest BCUT2D eigenvalue weighted by molar-refractivity contribution is 5.95. The molecular formula is C19H19N3O4. The van der Waals surface area contributed by atoms with Crippen LogP contribution in [-0.2, 0) is 11.3 Å². The topological polar surface area (TPSA) is 86.3 Å². The number of hydrogen-bond acceptors (Lipinski definition) is 6. The number of methoxy groups -OCH3 is 1. The van der Waals surface area contributed by atoms with Crippen LogP contribution < -0.4 is 9.47 Å². The van der Waals surface area contributed by atoms with Gasteiger partial charge in [0.15, 0.2) is 17.2 Å². The van der Waals surface area contributed by atoms with Crippen LogP contribution in [0.15, 0.2) is 48.5 Å². The standard InChI is InChI=1S/C19H19N3O4/c1-3-25-19(23)17-16(20-22-21-17)14-10-7-11-15(24-2)18(14)26-12-13-8-5-4-6-9-13/h4-11H,3,12H2,1-2H3,(H,20,21,22). The van der Waals surface area contributed by atoms with Crippen molar-refractivity contribution < 1.29 is 19.0 Å². The number of rotatable bonds is 7. The molecule has 0 amide bonds. The van der Waals surface area contributed by atoms with Gasteiger partial charge in [-0.25, -0.2) is 4.79 Å². The molecule has 7 nitrogen and oxygen atoms in total. The lowest BCUT2D eigenvalue weighted by atomic mass is 10.1. The Labute approximate surface area is 150 Å². The highest BCUT2D eigenvalue weighted by Crippen LogP contribution is 2.38. The zero-order valence-corrected chi connectivity index (χ0v) is 14.6. The summed E-state index contributed by atoms with van der Waals surface area (Å²) in [7, 11) is 1.56. The average Bonchev–Trinajstić information content (AvgIpc) is 3.17. The average molecular weight is 353 g/mol. The number of nitrogens with one attached hydrogen (secondary N) is 1. The molecule has 0 atom stereocenters. The third-order valence-corrected chi connectivity index (χ3v) is 3.70. The van der Waals surface area contributed by atoms with Crippen molar-refractivity contribution in [3.05, 3.63) is 59.8 Å². The van der Waals surface area contributed by atoms with E-state index in [1.54, 1.807) is 32.2 Å². The van der Waals surface area contributed by atoms with E-state index in [2.05, 4.69) is 15.4 Å². The first-order valence-electron chi connectivity index (χ1n) is 8.16. The molecule has 7 heteroatoms. The van der Waals surface area contributed by atoms with Crippen molar-refractivity contribution in [1.82, 2.24) is 15.4 Å². The number of aromatic amines is 1. The number of esters is 1. The first-order chi connectivity index (χ1) is 12.7. The Morgan fingerprint density at radius 2 is 1.88 bits per heavy atom. The molecule has 3 aromatic rings. The van der Waals surface area contributed by atoms with Gasteiger partial charge in [0.05, 0.1) is 19.3 Å². The molecule has 0 aliphatic heterocycles. The minimum absolute atomic E-state index is 0.102. The SMILES string of the molecule is CCOC(=O)c1n[nH]nc1-c1cccc(OC)c1OCc1ccccc1. The van der Waals surface area contributed by atoms with Crippen LogP contribution in [0.3, 0.4) is 0 Å². The van der Waals surface area contributed by atoms with Crippen LogP contribution in [0.2, 0.25) is 0 Å². The lowest BCUT2D eigenvalue weighted by molar-refractivity contribution is 0.0520. The number of H-pyrrole nitrogens is 1. The molecule has 0 radical (unpaired) electrons. The van der Waals surface area contributed by atoms with Gasteiger partial charge < -0.3 is 14.2 Å². The molecule has 1 aromatic heterocycles. The second-order valence-electron chi connectivity index (χ2n) is 5.35. The van der Waals surface area contributed by atoms with E-state index < -0.39 is 5.97 Å². The third-order valence-electron chi connectivity index (χ3n) is 3.70. The van der Waals surface area contributed by atoms with Gasteiger partial charge in [-0.15, -0.1) is 5.10 Å². The fraction of sp³-hybridized carbons (Fsp3) is 0.211. The highest BCUT2D eigenvalue weighted by atomic mass is 16.5. The fourth-order valence-electron chi connectivity index (χ4n) is 2.50.